The first-order valence-electron chi connectivity index (χ1n) is 11.0. The van der Waals surface area contributed by atoms with Crippen LogP contribution in [0.5, 0.6) is 11.6 Å². The first-order chi connectivity index (χ1) is 19.2. The zero-order valence-corrected chi connectivity index (χ0v) is 23.3. The smallest absolute Gasteiger partial charge is 0.475 e. The van der Waals surface area contributed by atoms with E-state index in [-0.39, 0.29) is 44.0 Å². The third kappa shape index (κ3) is 9.34. The Balaban J connectivity index is 0.000000587. The van der Waals surface area contributed by atoms with Crippen LogP contribution in [0.25, 0.3) is 0 Å². The molecule has 1 aliphatic rings. The summed E-state index contributed by atoms with van der Waals surface area (Å²) in [7, 11) is -4.03. The van der Waals surface area contributed by atoms with Gasteiger partial charge < -0.3 is 9.84 Å². The molecule has 1 aromatic heterocycles. The molecule has 0 spiro atoms. The van der Waals surface area contributed by atoms with Gasteiger partial charge in [0.25, 0.3) is 15.9 Å². The van der Waals surface area contributed by atoms with Crippen LogP contribution in [-0.2, 0) is 31.0 Å². The average Bonchev–Trinajstić information content (AvgIpc) is 3.31. The molecular weight excluding hydrogens is 640 g/mol. The van der Waals surface area contributed by atoms with Crippen LogP contribution in [-0.4, -0.2) is 49.2 Å². The number of pyridine rings is 1. The summed E-state index contributed by atoms with van der Waals surface area (Å²) in [4.78, 5) is 29.3. The fraction of sp³-hybridized carbons (Fsp3) is 0.174. The maximum atomic E-state index is 12.8. The molecule has 0 unspecified atom stereocenters. The lowest BCUT2D eigenvalue weighted by Gasteiger charge is -2.14. The van der Waals surface area contributed by atoms with Crippen molar-refractivity contribution in [2.75, 3.05) is 11.3 Å². The number of hydrogen-bond acceptors (Lipinski definition) is 8. The Bertz CT molecular complexity index is 1530. The van der Waals surface area contributed by atoms with Crippen LogP contribution in [0, 0.1) is 0 Å². The number of benzene rings is 2. The molecule has 220 valence electrons. The Kier molecular flexibility index (Phi) is 10.6. The minimum atomic E-state index is -5.08. The number of anilines is 1. The number of aromatic nitrogens is 1. The summed E-state index contributed by atoms with van der Waals surface area (Å²) < 4.78 is 65.6. The summed E-state index contributed by atoms with van der Waals surface area (Å²) in [6.45, 7) is 0.693. The molecule has 11 nitrogen and oxygen atoms in total. The predicted octanol–water partition coefficient (Wildman–Crippen LogP) is 4.79. The topological polar surface area (TPSA) is 156 Å². The molecule has 1 saturated heterocycles. The summed E-state index contributed by atoms with van der Waals surface area (Å²) in [6, 6.07) is 11.9. The monoisotopic (exact) mass is 656 g/mol. The maximum absolute atomic E-state index is 12.8. The molecule has 18 heteroatoms. The van der Waals surface area contributed by atoms with Gasteiger partial charge in [-0.1, -0.05) is 46.9 Å². The van der Waals surface area contributed by atoms with Gasteiger partial charge >= 0.3 is 12.1 Å². The van der Waals surface area contributed by atoms with E-state index in [9.17, 15) is 26.4 Å². The van der Waals surface area contributed by atoms with Gasteiger partial charge in [0, 0.05) is 12.7 Å². The number of ether oxygens (including phenoxy) is 1. The lowest BCUT2D eigenvalue weighted by Crippen LogP contribution is -2.37. The first kappa shape index (κ1) is 32.2. The highest BCUT2D eigenvalue weighted by Crippen LogP contribution is 2.32. The Morgan fingerprint density at radius 2 is 1.78 bits per heavy atom. The summed E-state index contributed by atoms with van der Waals surface area (Å²) in [6.07, 6.45) is -3.75. The highest BCUT2D eigenvalue weighted by Gasteiger charge is 2.38. The number of rotatable bonds is 8. The van der Waals surface area contributed by atoms with Crippen molar-refractivity contribution in [2.45, 2.75) is 23.7 Å². The van der Waals surface area contributed by atoms with Crippen molar-refractivity contribution in [1.29, 1.82) is 0 Å². The fourth-order valence-electron chi connectivity index (χ4n) is 2.95. The lowest BCUT2D eigenvalue weighted by atomic mass is 10.2. The van der Waals surface area contributed by atoms with Crippen molar-refractivity contribution >= 4 is 62.4 Å². The van der Waals surface area contributed by atoms with E-state index in [0.29, 0.717) is 12.3 Å². The van der Waals surface area contributed by atoms with Crippen molar-refractivity contribution in [1.82, 2.24) is 15.8 Å². The van der Waals surface area contributed by atoms with Crippen LogP contribution in [0.1, 0.15) is 5.56 Å². The molecule has 0 aliphatic carbocycles. The van der Waals surface area contributed by atoms with Gasteiger partial charge in [-0.3, -0.25) is 19.7 Å². The molecule has 2 heterocycles. The number of carboxylic acids is 1. The second kappa shape index (κ2) is 13.5. The van der Waals surface area contributed by atoms with E-state index in [0.717, 1.165) is 5.56 Å². The third-order valence-electron chi connectivity index (χ3n) is 4.94. The number of sulfonamides is 1. The van der Waals surface area contributed by atoms with Crippen molar-refractivity contribution in [3.63, 3.8) is 0 Å². The molecule has 1 atom stereocenters. The second-order valence-electron chi connectivity index (χ2n) is 7.95. The Hall–Kier alpha value is -3.34. The van der Waals surface area contributed by atoms with Crippen molar-refractivity contribution in [2.24, 2.45) is 0 Å². The van der Waals surface area contributed by atoms with Crippen molar-refractivity contribution in [3.05, 3.63) is 75.4 Å². The molecule has 2 aromatic carbocycles. The number of hydroxylamine groups is 1. The zero-order chi connectivity index (χ0) is 30.4. The van der Waals surface area contributed by atoms with E-state index in [1.165, 1.54) is 30.5 Å². The quantitative estimate of drug-likeness (QED) is 0.268. The Morgan fingerprint density at radius 1 is 1.12 bits per heavy atom. The van der Waals surface area contributed by atoms with E-state index in [1.54, 1.807) is 24.3 Å². The van der Waals surface area contributed by atoms with E-state index < -0.39 is 28.2 Å². The van der Waals surface area contributed by atoms with Crippen LogP contribution in [0.4, 0.5) is 18.9 Å². The highest BCUT2D eigenvalue weighted by molar-refractivity contribution is 7.92. The Morgan fingerprint density at radius 3 is 2.34 bits per heavy atom. The Labute approximate surface area is 245 Å². The fourth-order valence-corrected chi connectivity index (χ4v) is 4.55. The molecule has 0 saturated carbocycles. The molecule has 0 bridgehead atoms. The molecule has 1 fully saturated rings. The average molecular weight is 658 g/mol. The van der Waals surface area contributed by atoms with E-state index >= 15 is 0 Å². The van der Waals surface area contributed by atoms with Crippen LogP contribution < -0.4 is 20.3 Å². The van der Waals surface area contributed by atoms with Gasteiger partial charge in [0.2, 0.25) is 5.88 Å². The third-order valence-corrected chi connectivity index (χ3v) is 7.24. The second-order valence-corrected chi connectivity index (χ2v) is 10.9. The van der Waals surface area contributed by atoms with Gasteiger partial charge in [0.05, 0.1) is 26.6 Å². The van der Waals surface area contributed by atoms with Gasteiger partial charge in [0.15, 0.2) is 0 Å². The molecule has 41 heavy (non-hydrogen) atoms. The summed E-state index contributed by atoms with van der Waals surface area (Å²) >= 11 is 17.9. The molecule has 1 amide bonds. The molecule has 0 radical (unpaired) electrons. The summed E-state index contributed by atoms with van der Waals surface area (Å²) in [5, 5.41) is 10.7. The summed E-state index contributed by atoms with van der Waals surface area (Å²) in [5.41, 5.74) is 3.22. The van der Waals surface area contributed by atoms with Crippen LogP contribution >= 0.6 is 34.8 Å². The molecular formula is C23H18Cl3F3N4O7S. The number of hydrogen-bond donors (Lipinski definition) is 4. The molecule has 3 aromatic rings. The van der Waals surface area contributed by atoms with Gasteiger partial charge in [-0.05, 0) is 42.0 Å². The van der Waals surface area contributed by atoms with E-state index in [4.69, 9.17) is 54.3 Å². The summed E-state index contributed by atoms with van der Waals surface area (Å²) in [5.74, 6) is -2.56. The van der Waals surface area contributed by atoms with Gasteiger partial charge in [-0.15, -0.1) is 0 Å². The van der Waals surface area contributed by atoms with Crippen LogP contribution in [0.3, 0.4) is 0 Å². The predicted molar refractivity (Wildman–Crippen MR) is 141 cm³/mol. The number of aliphatic carboxylic acids is 1. The van der Waals surface area contributed by atoms with Gasteiger partial charge in [-0.25, -0.2) is 23.7 Å². The van der Waals surface area contributed by atoms with E-state index in [2.05, 4.69) is 20.5 Å². The largest absolute Gasteiger partial charge is 0.490 e. The minimum absolute atomic E-state index is 0.00122. The molecule has 4 N–H and O–H groups in total. The number of carboxylic acid groups (broad SMARTS) is 1. The minimum Gasteiger partial charge on any atom is -0.475 e. The van der Waals surface area contributed by atoms with Crippen molar-refractivity contribution < 1.29 is 45.9 Å². The number of nitrogens with one attached hydrogen (secondary N) is 3. The normalized spacial score (nSPS) is 15.0. The van der Waals surface area contributed by atoms with Crippen molar-refractivity contribution in [3.8, 4) is 11.6 Å². The number of nitrogens with zero attached hydrogens (tertiary/aromatic N) is 1. The van der Waals surface area contributed by atoms with Crippen LogP contribution in [0.15, 0.2) is 59.6 Å². The van der Waals surface area contributed by atoms with Gasteiger partial charge in [0.1, 0.15) is 17.5 Å². The SMILES string of the molecule is O=C(O)C(F)(F)F.O=C1NOC[C@H]1NCc1ccc(Oc2ncc(Cl)cc2NS(=O)(=O)c2ccc(Cl)c(Cl)c2)cc1. The number of carbonyl (C=O) groups is 2. The number of halogens is 6. The van der Waals surface area contributed by atoms with E-state index in [1.807, 2.05) is 0 Å². The maximum Gasteiger partial charge on any atom is 0.490 e. The number of carbonyl (C=O) groups excluding carboxylic acids is 1. The molecule has 4 rings (SSSR count). The zero-order valence-electron chi connectivity index (χ0n) is 20.2. The van der Waals surface area contributed by atoms with Crippen LogP contribution in [0.2, 0.25) is 15.1 Å². The standard InChI is InChI=1S/C21H17Cl3N4O5S.C2HF3O2/c22-13-7-18(28-34(30,31)15-5-6-16(23)17(24)8-15)21(26-10-13)33-14-3-1-12(2-4-14)9-25-19-11-32-27-20(19)29;3-2(4,5)1(6)7/h1-8,10,19,25,28H,9,11H2,(H,27,29);(H,6,7)/t19-;/m1./s1. The number of amides is 1. The van der Waals surface area contributed by atoms with Gasteiger partial charge in [-0.2, -0.15) is 13.2 Å². The molecule has 1 aliphatic heterocycles. The number of alkyl halides is 3. The highest BCUT2D eigenvalue weighted by atomic mass is 35.5. The first-order valence-corrected chi connectivity index (χ1v) is 13.6. The lowest BCUT2D eigenvalue weighted by molar-refractivity contribution is -0.192.